The van der Waals surface area contributed by atoms with Crippen LogP contribution in [0.25, 0.3) is 0 Å². The molecule has 1 saturated heterocycles. The maximum Gasteiger partial charge on any atom is 0.334 e. The van der Waals surface area contributed by atoms with Crippen LogP contribution in [0.1, 0.15) is 13.3 Å². The number of thioether (sulfide) groups is 1. The number of amides is 5. The van der Waals surface area contributed by atoms with Crippen molar-refractivity contribution in [1.29, 1.82) is 0 Å². The molecule has 1 fully saturated rings. The molecule has 1 aromatic rings. The van der Waals surface area contributed by atoms with Crippen molar-refractivity contribution in [3.63, 3.8) is 0 Å². The van der Waals surface area contributed by atoms with Crippen molar-refractivity contribution in [1.82, 2.24) is 9.80 Å². The quantitative estimate of drug-likeness (QED) is 0.451. The Hall–Kier alpha value is -2.49. The fraction of sp³-hybridized carbons (Fsp3) is 0.333. The third kappa shape index (κ3) is 4.53. The van der Waals surface area contributed by atoms with Crippen LogP contribution < -0.4 is 5.32 Å². The Morgan fingerprint density at radius 1 is 1.12 bits per heavy atom. The van der Waals surface area contributed by atoms with E-state index in [2.05, 4.69) is 5.32 Å². The van der Waals surface area contributed by atoms with Crippen molar-refractivity contribution >= 4 is 41.2 Å². The van der Waals surface area contributed by atoms with Gasteiger partial charge in [-0.15, -0.1) is 0 Å². The molecule has 2 rings (SSSR count). The van der Waals surface area contributed by atoms with Crippen LogP contribution in [0.2, 0.25) is 0 Å². The third-order valence-electron chi connectivity index (χ3n) is 3.25. The molecular weight excluding hydrogens is 356 g/mol. The van der Waals surface area contributed by atoms with Crippen molar-refractivity contribution < 1.29 is 28.0 Å². The van der Waals surface area contributed by atoms with Crippen LogP contribution in [0.5, 0.6) is 0 Å². The Bertz CT molecular complexity index is 697. The van der Waals surface area contributed by atoms with Crippen molar-refractivity contribution in [2.24, 2.45) is 0 Å². The van der Waals surface area contributed by atoms with Gasteiger partial charge in [-0.3, -0.25) is 19.3 Å². The summed E-state index contributed by atoms with van der Waals surface area (Å²) in [5.41, 5.74) is 0.319. The fourth-order valence-corrected chi connectivity index (χ4v) is 2.67. The number of urea groups is 1. The van der Waals surface area contributed by atoms with Gasteiger partial charge in [0.15, 0.2) is 0 Å². The molecule has 25 heavy (non-hydrogen) atoms. The first-order valence-corrected chi connectivity index (χ1v) is 8.23. The molecule has 1 aliphatic heterocycles. The molecule has 10 heteroatoms. The molecular formula is C15H15F2N3O4S. The molecule has 1 N–H and O–H groups in total. The van der Waals surface area contributed by atoms with Gasteiger partial charge in [-0.25, -0.2) is 9.69 Å². The summed E-state index contributed by atoms with van der Waals surface area (Å²) in [6.07, 6.45) is 0.494. The van der Waals surface area contributed by atoms with Gasteiger partial charge in [-0.2, -0.15) is 8.78 Å². The van der Waals surface area contributed by atoms with E-state index in [-0.39, 0.29) is 6.54 Å². The minimum Gasteiger partial charge on any atom is -0.325 e. The zero-order valence-corrected chi connectivity index (χ0v) is 14.0. The highest BCUT2D eigenvalue weighted by molar-refractivity contribution is 7.99. The molecule has 0 atom stereocenters. The zero-order valence-electron chi connectivity index (χ0n) is 13.2. The van der Waals surface area contributed by atoms with Crippen LogP contribution in [0.3, 0.4) is 0 Å². The van der Waals surface area contributed by atoms with Crippen molar-refractivity contribution in [2.45, 2.75) is 24.0 Å². The Morgan fingerprint density at radius 3 is 2.28 bits per heavy atom. The maximum absolute atomic E-state index is 12.2. The van der Waals surface area contributed by atoms with Gasteiger partial charge in [0.25, 0.3) is 5.76 Å². The normalized spacial score (nSPS) is 14.6. The molecule has 0 saturated carbocycles. The summed E-state index contributed by atoms with van der Waals surface area (Å²) in [6.45, 7) is 1.25. The van der Waals surface area contributed by atoms with E-state index in [4.69, 9.17) is 0 Å². The number of nitrogens with zero attached hydrogens (tertiary/aromatic N) is 2. The van der Waals surface area contributed by atoms with Gasteiger partial charge >= 0.3 is 17.8 Å². The Morgan fingerprint density at radius 2 is 1.72 bits per heavy atom. The lowest BCUT2D eigenvalue weighted by molar-refractivity contribution is -0.143. The van der Waals surface area contributed by atoms with E-state index in [1.54, 1.807) is 6.92 Å². The topological polar surface area (TPSA) is 86.8 Å². The van der Waals surface area contributed by atoms with Crippen LogP contribution in [0.15, 0.2) is 29.2 Å². The first-order chi connectivity index (χ1) is 11.8. The molecule has 1 heterocycles. The standard InChI is InChI=1S/C15H15F2N3O4S/c1-2-7-19-12(22)13(23)20(15(19)24)8-11(21)18-9-3-5-10(6-4-9)25-14(16)17/h3-6,14H,2,7-8H2,1H3,(H,18,21). The lowest BCUT2D eigenvalue weighted by atomic mass is 10.3. The number of carbonyl (C=O) groups is 4. The van der Waals surface area contributed by atoms with Gasteiger partial charge in [0.1, 0.15) is 6.54 Å². The average Bonchev–Trinajstić information content (AvgIpc) is 2.74. The number of carbonyl (C=O) groups excluding carboxylic acids is 4. The summed E-state index contributed by atoms with van der Waals surface area (Å²) in [5, 5.41) is 2.44. The number of anilines is 1. The summed E-state index contributed by atoms with van der Waals surface area (Å²) in [7, 11) is 0. The highest BCUT2D eigenvalue weighted by Crippen LogP contribution is 2.26. The molecule has 7 nitrogen and oxygen atoms in total. The predicted octanol–water partition coefficient (Wildman–Crippen LogP) is 2.14. The van der Waals surface area contributed by atoms with E-state index >= 15 is 0 Å². The molecule has 0 spiro atoms. The van der Waals surface area contributed by atoms with E-state index in [9.17, 15) is 28.0 Å². The summed E-state index contributed by atoms with van der Waals surface area (Å²) >= 11 is 0.371. The van der Waals surface area contributed by atoms with Gasteiger partial charge in [0.2, 0.25) is 5.91 Å². The van der Waals surface area contributed by atoms with Crippen LogP contribution in [-0.2, 0) is 14.4 Å². The fourth-order valence-electron chi connectivity index (χ4n) is 2.17. The SMILES string of the molecule is CCCN1C(=O)C(=O)N(CC(=O)Nc2ccc(SC(F)F)cc2)C1=O. The molecule has 0 aliphatic carbocycles. The highest BCUT2D eigenvalue weighted by Gasteiger charge is 2.44. The van der Waals surface area contributed by atoms with Crippen LogP contribution in [0.4, 0.5) is 19.3 Å². The summed E-state index contributed by atoms with van der Waals surface area (Å²) in [5.74, 6) is -5.22. The lowest BCUT2D eigenvalue weighted by Gasteiger charge is -2.14. The molecule has 0 bridgehead atoms. The van der Waals surface area contributed by atoms with Gasteiger partial charge in [0, 0.05) is 17.1 Å². The number of imide groups is 2. The first-order valence-electron chi connectivity index (χ1n) is 7.35. The summed E-state index contributed by atoms with van der Waals surface area (Å²) < 4.78 is 24.5. The lowest BCUT2D eigenvalue weighted by Crippen LogP contribution is -2.39. The number of hydrogen-bond acceptors (Lipinski definition) is 5. The second kappa shape index (κ2) is 8.06. The number of rotatable bonds is 7. The minimum absolute atomic E-state index is 0.102. The predicted molar refractivity (Wildman–Crippen MR) is 86.0 cm³/mol. The number of nitrogens with one attached hydrogen (secondary N) is 1. The van der Waals surface area contributed by atoms with Gasteiger partial charge in [0.05, 0.1) is 0 Å². The zero-order chi connectivity index (χ0) is 18.6. The second-order valence-electron chi connectivity index (χ2n) is 5.08. The van der Waals surface area contributed by atoms with Crippen LogP contribution in [0, 0.1) is 0 Å². The molecule has 5 amide bonds. The highest BCUT2D eigenvalue weighted by atomic mass is 32.2. The molecule has 0 unspecified atom stereocenters. The van der Waals surface area contributed by atoms with Gasteiger partial charge in [-0.05, 0) is 30.7 Å². The number of benzene rings is 1. The van der Waals surface area contributed by atoms with E-state index < -0.39 is 36.1 Å². The van der Waals surface area contributed by atoms with Crippen molar-refractivity contribution in [3.8, 4) is 0 Å². The molecule has 0 aromatic heterocycles. The van der Waals surface area contributed by atoms with Gasteiger partial charge < -0.3 is 5.32 Å². The van der Waals surface area contributed by atoms with E-state index in [1.165, 1.54) is 24.3 Å². The van der Waals surface area contributed by atoms with Crippen LogP contribution >= 0.6 is 11.8 Å². The Labute approximate surface area is 146 Å². The number of halogens is 2. The third-order valence-corrected chi connectivity index (χ3v) is 3.97. The number of hydrogen-bond donors (Lipinski definition) is 1. The van der Waals surface area contributed by atoms with Crippen molar-refractivity contribution in [2.75, 3.05) is 18.4 Å². The maximum atomic E-state index is 12.2. The minimum atomic E-state index is -2.55. The number of alkyl halides is 2. The van der Waals surface area contributed by atoms with Crippen molar-refractivity contribution in [3.05, 3.63) is 24.3 Å². The Kier molecular flexibility index (Phi) is 6.07. The van der Waals surface area contributed by atoms with E-state index in [0.29, 0.717) is 33.7 Å². The largest absolute Gasteiger partial charge is 0.334 e. The Balaban J connectivity index is 1.97. The molecule has 0 radical (unpaired) electrons. The molecule has 1 aromatic carbocycles. The second-order valence-corrected chi connectivity index (χ2v) is 6.15. The molecule has 134 valence electrons. The summed E-state index contributed by atoms with van der Waals surface area (Å²) in [4.78, 5) is 49.2. The molecule has 1 aliphatic rings. The smallest absolute Gasteiger partial charge is 0.325 e. The summed E-state index contributed by atoms with van der Waals surface area (Å²) in [6, 6.07) is 4.84. The van der Waals surface area contributed by atoms with Crippen LogP contribution in [-0.4, -0.2) is 52.4 Å². The van der Waals surface area contributed by atoms with Gasteiger partial charge in [-0.1, -0.05) is 18.7 Å². The average molecular weight is 371 g/mol. The first kappa shape index (κ1) is 18.8. The van der Waals surface area contributed by atoms with E-state index in [0.717, 1.165) is 4.90 Å². The van der Waals surface area contributed by atoms with E-state index in [1.807, 2.05) is 0 Å². The monoisotopic (exact) mass is 371 g/mol.